The average Bonchev–Trinajstić information content (AvgIpc) is 3.75. The van der Waals surface area contributed by atoms with E-state index in [0.717, 1.165) is 11.8 Å². The summed E-state index contributed by atoms with van der Waals surface area (Å²) in [5, 5.41) is 0. The number of rotatable bonds is 16. The normalized spacial score (nSPS) is 28.7. The molecule has 2 saturated carbocycles. The Labute approximate surface area is 275 Å². The Morgan fingerprint density at radius 1 is 0.711 bits per heavy atom. The highest BCUT2D eigenvalue weighted by Gasteiger charge is 2.38. The van der Waals surface area contributed by atoms with Gasteiger partial charge in [-0.1, -0.05) is 58.8 Å². The zero-order valence-electron chi connectivity index (χ0n) is 29.7. The van der Waals surface area contributed by atoms with Gasteiger partial charge in [-0.25, -0.2) is 9.15 Å². The number of carbonyl (C=O) groups is 2. The third-order valence-electron chi connectivity index (χ3n) is 12.0. The fraction of sp³-hybridized carbons (Fsp3) is 0.897. The van der Waals surface area contributed by atoms with Crippen molar-refractivity contribution >= 4 is 23.4 Å². The molecule has 0 amide bonds. The van der Waals surface area contributed by atoms with Gasteiger partial charge in [-0.05, 0) is 63.2 Å². The number of ether oxygens (including phenoxy) is 2. The Bertz CT molecular complexity index is 995. The van der Waals surface area contributed by atoms with Gasteiger partial charge in [0.25, 0.3) is 0 Å². The van der Waals surface area contributed by atoms with Crippen LogP contribution in [0.15, 0.2) is 0 Å². The molecule has 0 aromatic carbocycles. The summed E-state index contributed by atoms with van der Waals surface area (Å²) in [6.45, 7) is 11.8. The molecule has 0 aromatic heterocycles. The van der Waals surface area contributed by atoms with Crippen molar-refractivity contribution in [2.24, 2.45) is 35.5 Å². The molecule has 0 N–H and O–H groups in total. The molecule has 2 aliphatic heterocycles. The molecule has 0 bridgehead atoms. The van der Waals surface area contributed by atoms with Crippen molar-refractivity contribution < 1.29 is 28.2 Å². The third kappa shape index (κ3) is 11.2. The summed E-state index contributed by atoms with van der Waals surface area (Å²) in [4.78, 5) is 24.1. The van der Waals surface area contributed by atoms with Crippen molar-refractivity contribution in [3.05, 3.63) is 0 Å². The Balaban J connectivity index is 1.11. The van der Waals surface area contributed by atoms with Crippen molar-refractivity contribution in [1.82, 2.24) is 0 Å². The molecule has 256 valence electrons. The molecule has 2 saturated heterocycles. The molecule has 0 radical (unpaired) electrons. The summed E-state index contributed by atoms with van der Waals surface area (Å²) in [5.74, 6) is 3.52. The summed E-state index contributed by atoms with van der Waals surface area (Å²) in [5.41, 5.74) is 3.34. The van der Waals surface area contributed by atoms with Crippen LogP contribution in [0.5, 0.6) is 0 Å². The predicted molar refractivity (Wildman–Crippen MR) is 183 cm³/mol. The van der Waals surface area contributed by atoms with Gasteiger partial charge in [0.1, 0.15) is 26.2 Å². The third-order valence-corrected chi connectivity index (χ3v) is 12.0. The molecule has 6 unspecified atom stereocenters. The molecule has 0 spiro atoms. The first kappa shape index (κ1) is 36.1. The molecule has 4 aliphatic rings. The lowest BCUT2D eigenvalue weighted by Gasteiger charge is -2.32. The monoisotopic (exact) mass is 629 g/mol. The second kappa shape index (κ2) is 19.2. The van der Waals surface area contributed by atoms with Crippen LogP contribution in [-0.4, -0.2) is 72.4 Å². The van der Waals surface area contributed by atoms with Gasteiger partial charge >= 0.3 is 11.9 Å². The van der Waals surface area contributed by atoms with E-state index in [1.165, 1.54) is 149 Å². The lowest BCUT2D eigenvalue weighted by atomic mass is 9.72. The molecule has 0 aromatic rings. The quantitative estimate of drug-likeness (QED) is 0.0982. The van der Waals surface area contributed by atoms with Crippen LogP contribution in [0.25, 0.3) is 0 Å². The van der Waals surface area contributed by atoms with E-state index >= 15 is 0 Å². The van der Waals surface area contributed by atoms with Crippen molar-refractivity contribution in [2.75, 3.05) is 39.9 Å². The molecule has 4 fully saturated rings. The van der Waals surface area contributed by atoms with Crippen molar-refractivity contribution in [3.63, 3.8) is 0 Å². The number of unbranched alkanes of at least 4 members (excludes halogenated alkanes) is 5. The zero-order valence-corrected chi connectivity index (χ0v) is 29.7. The number of hydrogen-bond donors (Lipinski definition) is 0. The first-order valence-electron chi connectivity index (χ1n) is 19.3. The lowest BCUT2D eigenvalue weighted by molar-refractivity contribution is -0.513. The Morgan fingerprint density at radius 2 is 1.36 bits per heavy atom. The maximum Gasteiger partial charge on any atom is 0.306 e. The summed E-state index contributed by atoms with van der Waals surface area (Å²) in [6.07, 6.45) is 25.2. The summed E-state index contributed by atoms with van der Waals surface area (Å²) in [7, 11) is 1.51. The lowest BCUT2D eigenvalue weighted by Crippen LogP contribution is -2.37. The largest absolute Gasteiger partial charge is 0.469 e. The molecule has 45 heavy (non-hydrogen) atoms. The SMILES string of the molecule is CCOC(=O)CC(C)C1CCC(CCCCCCCCC2CC[N+](=C3CCCCC3C(C)CC(=O)OC)C2)CC1=[N+]1CCCC1. The van der Waals surface area contributed by atoms with Gasteiger partial charge in [0.15, 0.2) is 11.4 Å². The smallest absolute Gasteiger partial charge is 0.306 e. The highest BCUT2D eigenvalue weighted by Crippen LogP contribution is 2.36. The second-order valence-electron chi connectivity index (χ2n) is 15.3. The topological polar surface area (TPSA) is 58.6 Å². The van der Waals surface area contributed by atoms with E-state index in [-0.39, 0.29) is 11.9 Å². The fourth-order valence-electron chi connectivity index (χ4n) is 9.40. The standard InChI is InChI=1S/C39H68N2O4/c1-5-45-39(43)27-31(3)35-21-20-32(28-37(35)40-23-14-15-24-40)16-10-8-6-7-9-11-17-33-22-25-41(29-33)36-19-13-12-18-34(36)30(2)26-38(42)44-4/h30-35H,5-29H2,1-4H3/q+2. The number of nitrogens with zero attached hydrogens (tertiary/aromatic N) is 2. The van der Waals surface area contributed by atoms with Crippen molar-refractivity contribution in [1.29, 1.82) is 0 Å². The van der Waals surface area contributed by atoms with Crippen LogP contribution in [0.3, 0.4) is 0 Å². The maximum atomic E-state index is 12.2. The minimum Gasteiger partial charge on any atom is -0.469 e. The summed E-state index contributed by atoms with van der Waals surface area (Å²) < 4.78 is 15.7. The molecule has 2 heterocycles. The molecule has 6 atom stereocenters. The Kier molecular flexibility index (Phi) is 15.4. The molecule has 6 heteroatoms. The molecule has 4 rings (SSSR count). The van der Waals surface area contributed by atoms with Crippen LogP contribution in [-0.2, 0) is 19.1 Å². The second-order valence-corrected chi connectivity index (χ2v) is 15.3. The zero-order chi connectivity index (χ0) is 32.0. The minimum absolute atomic E-state index is 0.0200. The average molecular weight is 629 g/mol. The number of esters is 2. The van der Waals surface area contributed by atoms with Gasteiger partial charge in [0.2, 0.25) is 0 Å². The Hall–Kier alpha value is -1.72. The first-order valence-corrected chi connectivity index (χ1v) is 19.3. The molecular weight excluding hydrogens is 560 g/mol. The summed E-state index contributed by atoms with van der Waals surface area (Å²) in [6, 6.07) is 0. The van der Waals surface area contributed by atoms with Gasteiger partial charge < -0.3 is 9.47 Å². The van der Waals surface area contributed by atoms with Crippen LogP contribution in [0.4, 0.5) is 0 Å². The minimum atomic E-state index is -0.0573. The Morgan fingerprint density at radius 3 is 2.04 bits per heavy atom. The number of carbonyl (C=O) groups excluding carboxylic acids is 2. The first-order chi connectivity index (χ1) is 21.9. The van der Waals surface area contributed by atoms with E-state index in [4.69, 9.17) is 9.47 Å². The van der Waals surface area contributed by atoms with Gasteiger partial charge in [0, 0.05) is 62.7 Å². The van der Waals surface area contributed by atoms with E-state index < -0.39 is 0 Å². The predicted octanol–water partition coefficient (Wildman–Crippen LogP) is 8.22. The van der Waals surface area contributed by atoms with Gasteiger partial charge in [-0.15, -0.1) is 0 Å². The van der Waals surface area contributed by atoms with Crippen LogP contribution >= 0.6 is 0 Å². The van der Waals surface area contributed by atoms with Gasteiger partial charge in [-0.3, -0.25) is 9.59 Å². The van der Waals surface area contributed by atoms with Crippen LogP contribution < -0.4 is 0 Å². The van der Waals surface area contributed by atoms with E-state index in [9.17, 15) is 9.59 Å². The highest BCUT2D eigenvalue weighted by atomic mass is 16.5. The highest BCUT2D eigenvalue weighted by molar-refractivity contribution is 5.84. The van der Waals surface area contributed by atoms with E-state index in [2.05, 4.69) is 23.0 Å². The van der Waals surface area contributed by atoms with Crippen molar-refractivity contribution in [3.8, 4) is 0 Å². The van der Waals surface area contributed by atoms with Crippen LogP contribution in [0, 0.1) is 35.5 Å². The molecule has 6 nitrogen and oxygen atoms in total. The van der Waals surface area contributed by atoms with E-state index in [1.54, 1.807) is 11.4 Å². The van der Waals surface area contributed by atoms with Crippen molar-refractivity contribution in [2.45, 2.75) is 149 Å². The van der Waals surface area contributed by atoms with Gasteiger partial charge in [-0.2, -0.15) is 0 Å². The van der Waals surface area contributed by atoms with Gasteiger partial charge in [0.05, 0.1) is 13.7 Å². The summed E-state index contributed by atoms with van der Waals surface area (Å²) >= 11 is 0. The number of methoxy groups -OCH3 is 1. The molecule has 2 aliphatic carbocycles. The van der Waals surface area contributed by atoms with Crippen LogP contribution in [0.1, 0.15) is 149 Å². The van der Waals surface area contributed by atoms with E-state index in [0.29, 0.717) is 43.1 Å². The van der Waals surface area contributed by atoms with E-state index in [1.807, 2.05) is 6.92 Å². The molecular formula is C39H68N2O4+2. The number of hydrogen-bond acceptors (Lipinski definition) is 4. The maximum absolute atomic E-state index is 12.2. The fourth-order valence-corrected chi connectivity index (χ4v) is 9.40. The van der Waals surface area contributed by atoms with Crippen LogP contribution in [0.2, 0.25) is 0 Å².